The van der Waals surface area contributed by atoms with Gasteiger partial charge in [-0.25, -0.2) is 4.68 Å². The van der Waals surface area contributed by atoms with Crippen LogP contribution in [0.15, 0.2) is 12.4 Å². The van der Waals surface area contributed by atoms with Gasteiger partial charge in [0, 0.05) is 6.04 Å². The number of hydrogen-bond acceptors (Lipinski definition) is 4. The highest BCUT2D eigenvalue weighted by atomic mass is 15.3. The molecule has 0 aliphatic heterocycles. The molecule has 0 aliphatic rings. The van der Waals surface area contributed by atoms with Crippen LogP contribution < -0.4 is 5.73 Å². The number of hydrogen-bond donors (Lipinski definition) is 1. The maximum absolute atomic E-state index is 5.71. The minimum Gasteiger partial charge on any atom is -0.397 e. The van der Waals surface area contributed by atoms with Gasteiger partial charge in [-0.05, 0) is 13.8 Å². The van der Waals surface area contributed by atoms with E-state index in [4.69, 9.17) is 5.73 Å². The van der Waals surface area contributed by atoms with Gasteiger partial charge in [0.25, 0.3) is 0 Å². The number of nitrogens with two attached hydrogens (primary N) is 1. The molecule has 13 heavy (non-hydrogen) atoms. The Labute approximate surface area is 75.6 Å². The van der Waals surface area contributed by atoms with Crippen LogP contribution >= 0.6 is 0 Å². The molecule has 0 aromatic carbocycles. The fourth-order valence-corrected chi connectivity index (χ4v) is 1.25. The molecule has 0 unspecified atom stereocenters. The Morgan fingerprint density at radius 2 is 2.15 bits per heavy atom. The molecule has 0 saturated carbocycles. The molecular weight excluding hydrogens is 166 g/mol. The maximum Gasteiger partial charge on any atom is 0.182 e. The monoisotopic (exact) mass is 177 g/mol. The van der Waals surface area contributed by atoms with Crippen LogP contribution in [0, 0.1) is 0 Å². The Kier molecular flexibility index (Phi) is 1.65. The lowest BCUT2D eigenvalue weighted by Crippen LogP contribution is -2.04. The number of fused-ring (bicyclic) bond motifs is 1. The zero-order valence-electron chi connectivity index (χ0n) is 7.60. The van der Waals surface area contributed by atoms with Crippen molar-refractivity contribution in [3.63, 3.8) is 0 Å². The van der Waals surface area contributed by atoms with E-state index in [1.54, 1.807) is 10.9 Å². The molecule has 0 bridgehead atoms. The SMILES string of the molecule is CC(C)n1ncc2c(N)cnnc21. The van der Waals surface area contributed by atoms with E-state index >= 15 is 0 Å². The van der Waals surface area contributed by atoms with Gasteiger partial charge in [-0.2, -0.15) is 10.2 Å². The lowest BCUT2D eigenvalue weighted by Gasteiger charge is -2.04. The fourth-order valence-electron chi connectivity index (χ4n) is 1.25. The summed E-state index contributed by atoms with van der Waals surface area (Å²) in [6.45, 7) is 4.08. The van der Waals surface area contributed by atoms with Gasteiger partial charge in [0.05, 0.1) is 23.5 Å². The Morgan fingerprint density at radius 1 is 1.38 bits per heavy atom. The number of aromatic nitrogens is 4. The molecule has 0 atom stereocenters. The van der Waals surface area contributed by atoms with Crippen LogP contribution in [0.25, 0.3) is 11.0 Å². The van der Waals surface area contributed by atoms with Gasteiger partial charge >= 0.3 is 0 Å². The Morgan fingerprint density at radius 3 is 2.85 bits per heavy atom. The average molecular weight is 177 g/mol. The lowest BCUT2D eigenvalue weighted by atomic mass is 10.3. The second kappa shape index (κ2) is 2.69. The third-order valence-corrected chi connectivity index (χ3v) is 1.92. The van der Waals surface area contributed by atoms with Crippen molar-refractivity contribution < 1.29 is 0 Å². The van der Waals surface area contributed by atoms with Gasteiger partial charge in [0.2, 0.25) is 0 Å². The van der Waals surface area contributed by atoms with E-state index in [2.05, 4.69) is 15.3 Å². The zero-order chi connectivity index (χ0) is 9.42. The van der Waals surface area contributed by atoms with Crippen LogP contribution in [0.3, 0.4) is 0 Å². The Balaban J connectivity index is 2.75. The summed E-state index contributed by atoms with van der Waals surface area (Å²) in [5, 5.41) is 12.8. The summed E-state index contributed by atoms with van der Waals surface area (Å²) in [6, 6.07) is 0.272. The highest BCUT2D eigenvalue weighted by molar-refractivity contribution is 5.86. The van der Waals surface area contributed by atoms with Crippen molar-refractivity contribution in [2.75, 3.05) is 5.73 Å². The van der Waals surface area contributed by atoms with Crippen LogP contribution in [-0.4, -0.2) is 20.0 Å². The van der Waals surface area contributed by atoms with Gasteiger partial charge in [-0.15, -0.1) is 5.10 Å². The zero-order valence-corrected chi connectivity index (χ0v) is 7.60. The highest BCUT2D eigenvalue weighted by Crippen LogP contribution is 2.18. The van der Waals surface area contributed by atoms with Crippen molar-refractivity contribution in [1.29, 1.82) is 0 Å². The summed E-state index contributed by atoms with van der Waals surface area (Å²) >= 11 is 0. The quantitative estimate of drug-likeness (QED) is 0.705. The second-order valence-electron chi connectivity index (χ2n) is 3.22. The fraction of sp³-hybridized carbons (Fsp3) is 0.375. The topological polar surface area (TPSA) is 69.6 Å². The molecular formula is C8H11N5. The normalized spacial score (nSPS) is 11.3. The van der Waals surface area contributed by atoms with Crippen LogP contribution in [0.4, 0.5) is 5.69 Å². The summed E-state index contributed by atoms with van der Waals surface area (Å²) in [7, 11) is 0. The van der Waals surface area contributed by atoms with Crippen LogP contribution in [-0.2, 0) is 0 Å². The first-order valence-electron chi connectivity index (χ1n) is 4.14. The van der Waals surface area contributed by atoms with Crippen LogP contribution in [0.1, 0.15) is 19.9 Å². The van der Waals surface area contributed by atoms with E-state index in [1.165, 1.54) is 6.20 Å². The van der Waals surface area contributed by atoms with E-state index in [0.29, 0.717) is 5.69 Å². The molecule has 2 aromatic heterocycles. The smallest absolute Gasteiger partial charge is 0.182 e. The van der Waals surface area contributed by atoms with Gasteiger partial charge in [0.1, 0.15) is 0 Å². The molecule has 0 radical (unpaired) electrons. The molecule has 0 aliphatic carbocycles. The molecule has 5 heteroatoms. The summed E-state index contributed by atoms with van der Waals surface area (Å²) in [6.07, 6.45) is 3.26. The summed E-state index contributed by atoms with van der Waals surface area (Å²) < 4.78 is 1.80. The van der Waals surface area contributed by atoms with Gasteiger partial charge in [0.15, 0.2) is 5.65 Å². The molecule has 0 amide bonds. The Hall–Kier alpha value is -1.65. The van der Waals surface area contributed by atoms with Crippen LogP contribution in [0.5, 0.6) is 0 Å². The van der Waals surface area contributed by atoms with Crippen molar-refractivity contribution in [2.24, 2.45) is 0 Å². The van der Waals surface area contributed by atoms with Gasteiger partial charge in [-0.1, -0.05) is 0 Å². The third-order valence-electron chi connectivity index (χ3n) is 1.92. The number of nitrogen functional groups attached to an aromatic ring is 1. The van der Waals surface area contributed by atoms with E-state index in [-0.39, 0.29) is 6.04 Å². The molecule has 68 valence electrons. The minimum atomic E-state index is 0.272. The number of anilines is 1. The number of rotatable bonds is 1. The van der Waals surface area contributed by atoms with Crippen molar-refractivity contribution in [2.45, 2.75) is 19.9 Å². The first-order chi connectivity index (χ1) is 6.20. The third kappa shape index (κ3) is 1.12. The Bertz CT molecular complexity index is 431. The van der Waals surface area contributed by atoms with E-state index in [1.807, 2.05) is 13.8 Å². The molecule has 2 rings (SSSR count). The minimum absolute atomic E-state index is 0.272. The molecule has 2 aromatic rings. The van der Waals surface area contributed by atoms with Crippen molar-refractivity contribution in [3.8, 4) is 0 Å². The summed E-state index contributed by atoms with van der Waals surface area (Å²) in [5.74, 6) is 0. The van der Waals surface area contributed by atoms with Crippen molar-refractivity contribution >= 4 is 16.7 Å². The molecule has 0 spiro atoms. The average Bonchev–Trinajstić information content (AvgIpc) is 2.48. The number of nitrogens with zero attached hydrogens (tertiary/aromatic N) is 4. The van der Waals surface area contributed by atoms with Gasteiger partial charge in [-0.3, -0.25) is 0 Å². The highest BCUT2D eigenvalue weighted by Gasteiger charge is 2.08. The largest absolute Gasteiger partial charge is 0.397 e. The van der Waals surface area contributed by atoms with Crippen molar-refractivity contribution in [3.05, 3.63) is 12.4 Å². The summed E-state index contributed by atoms with van der Waals surface area (Å²) in [4.78, 5) is 0. The van der Waals surface area contributed by atoms with E-state index < -0.39 is 0 Å². The standard InChI is InChI=1S/C8H11N5/c1-5(2)13-8-6(3-11-13)7(9)4-10-12-8/h3-5H,1-2H3,(H2,9,12). The molecule has 5 nitrogen and oxygen atoms in total. The molecule has 2 heterocycles. The maximum atomic E-state index is 5.71. The predicted octanol–water partition coefficient (Wildman–Crippen LogP) is 0.989. The second-order valence-corrected chi connectivity index (χ2v) is 3.22. The molecule has 2 N–H and O–H groups in total. The van der Waals surface area contributed by atoms with Gasteiger partial charge < -0.3 is 5.73 Å². The summed E-state index contributed by atoms with van der Waals surface area (Å²) in [5.41, 5.74) is 7.08. The first kappa shape index (κ1) is 7.97. The van der Waals surface area contributed by atoms with E-state index in [0.717, 1.165) is 11.0 Å². The first-order valence-corrected chi connectivity index (χ1v) is 4.14. The van der Waals surface area contributed by atoms with Crippen LogP contribution in [0.2, 0.25) is 0 Å². The molecule has 0 fully saturated rings. The van der Waals surface area contributed by atoms with Crippen molar-refractivity contribution in [1.82, 2.24) is 20.0 Å². The van der Waals surface area contributed by atoms with E-state index in [9.17, 15) is 0 Å². The lowest BCUT2D eigenvalue weighted by molar-refractivity contribution is 0.544. The predicted molar refractivity (Wildman–Crippen MR) is 50.1 cm³/mol. The molecule has 0 saturated heterocycles.